The maximum absolute atomic E-state index is 12.8. The molecule has 13 heteroatoms. The van der Waals surface area contributed by atoms with E-state index in [0.717, 1.165) is 32.4 Å². The molecule has 2 heterocycles. The normalized spacial score (nSPS) is 14.9. The maximum atomic E-state index is 12.8. The van der Waals surface area contributed by atoms with Gasteiger partial charge >= 0.3 is 12.1 Å². The fourth-order valence-electron chi connectivity index (χ4n) is 2.52. The molecule has 1 saturated heterocycles. The van der Waals surface area contributed by atoms with Crippen LogP contribution >= 0.6 is 11.3 Å². The largest absolute Gasteiger partial charge is 0.490 e. The van der Waals surface area contributed by atoms with Gasteiger partial charge in [0.15, 0.2) is 0 Å². The molecule has 1 aliphatic rings. The van der Waals surface area contributed by atoms with Crippen molar-refractivity contribution in [1.82, 2.24) is 14.5 Å². The van der Waals surface area contributed by atoms with Crippen LogP contribution in [0.1, 0.15) is 26.2 Å². The third kappa shape index (κ3) is 8.58. The van der Waals surface area contributed by atoms with Gasteiger partial charge in [0.2, 0.25) is 5.91 Å². The molecule has 0 atom stereocenters. The van der Waals surface area contributed by atoms with Crippen LogP contribution in [0.15, 0.2) is 21.7 Å². The average Bonchev–Trinajstić information content (AvgIpc) is 3.23. The van der Waals surface area contributed by atoms with E-state index in [9.17, 15) is 26.4 Å². The fourth-order valence-corrected chi connectivity index (χ4v) is 5.10. The second kappa shape index (κ2) is 12.2. The maximum Gasteiger partial charge on any atom is 0.490 e. The highest BCUT2D eigenvalue weighted by atomic mass is 32.2. The van der Waals surface area contributed by atoms with E-state index in [2.05, 4.69) is 12.2 Å². The molecule has 8 nitrogen and oxygen atoms in total. The smallest absolute Gasteiger partial charge is 0.475 e. The molecule has 30 heavy (non-hydrogen) atoms. The Morgan fingerprint density at radius 1 is 1.27 bits per heavy atom. The Kier molecular flexibility index (Phi) is 10.7. The highest BCUT2D eigenvalue weighted by Gasteiger charge is 2.38. The van der Waals surface area contributed by atoms with Crippen LogP contribution in [0.5, 0.6) is 0 Å². The number of amides is 1. The van der Waals surface area contributed by atoms with Gasteiger partial charge in [-0.25, -0.2) is 13.2 Å². The Bertz CT molecular complexity index is 764. The summed E-state index contributed by atoms with van der Waals surface area (Å²) >= 11 is 1.20. The number of carboxylic acids is 1. The number of hydrogen-bond donors (Lipinski definition) is 2. The van der Waals surface area contributed by atoms with Crippen LogP contribution in [0.4, 0.5) is 13.2 Å². The summed E-state index contributed by atoms with van der Waals surface area (Å²) in [5.41, 5.74) is 0. The molecule has 2 N–H and O–H groups in total. The minimum absolute atomic E-state index is 0.0655. The first-order valence-corrected chi connectivity index (χ1v) is 11.6. The second-order valence-electron chi connectivity index (χ2n) is 6.41. The molecule has 1 fully saturated rings. The minimum atomic E-state index is -5.08. The lowest BCUT2D eigenvalue weighted by atomic mass is 10.2. The number of carbonyl (C=O) groups is 2. The third-order valence-electron chi connectivity index (χ3n) is 4.12. The van der Waals surface area contributed by atoms with E-state index in [1.807, 2.05) is 0 Å². The number of hydrogen-bond acceptors (Lipinski definition) is 6. The van der Waals surface area contributed by atoms with Crippen molar-refractivity contribution in [3.05, 3.63) is 17.5 Å². The minimum Gasteiger partial charge on any atom is -0.475 e. The Morgan fingerprint density at radius 3 is 2.33 bits per heavy atom. The van der Waals surface area contributed by atoms with Gasteiger partial charge in [-0.2, -0.15) is 17.5 Å². The van der Waals surface area contributed by atoms with Gasteiger partial charge in [-0.3, -0.25) is 4.79 Å². The van der Waals surface area contributed by atoms with Crippen molar-refractivity contribution in [2.45, 2.75) is 36.6 Å². The van der Waals surface area contributed by atoms with E-state index < -0.39 is 22.2 Å². The van der Waals surface area contributed by atoms with Crippen molar-refractivity contribution < 1.29 is 36.3 Å². The number of thiophene rings is 1. The number of carbonyl (C=O) groups excluding carboxylic acids is 1. The first-order valence-electron chi connectivity index (χ1n) is 9.32. The highest BCUT2D eigenvalue weighted by molar-refractivity contribution is 7.91. The number of nitrogens with one attached hydrogen (secondary N) is 1. The Balaban J connectivity index is 0.000000553. The summed E-state index contributed by atoms with van der Waals surface area (Å²) in [7, 11) is -3.58. The zero-order valence-corrected chi connectivity index (χ0v) is 18.2. The van der Waals surface area contributed by atoms with Crippen molar-refractivity contribution >= 4 is 33.2 Å². The zero-order chi connectivity index (χ0) is 22.8. The van der Waals surface area contributed by atoms with Crippen LogP contribution in [0.2, 0.25) is 0 Å². The fraction of sp³-hybridized carbons (Fsp3) is 0.647. The van der Waals surface area contributed by atoms with Crippen LogP contribution < -0.4 is 5.32 Å². The van der Waals surface area contributed by atoms with Crippen molar-refractivity contribution in [2.24, 2.45) is 0 Å². The number of sulfonamides is 1. The first-order chi connectivity index (χ1) is 14.0. The quantitative estimate of drug-likeness (QED) is 0.560. The lowest BCUT2D eigenvalue weighted by Crippen LogP contribution is -2.50. The Morgan fingerprint density at radius 2 is 1.87 bits per heavy atom. The number of rotatable bonds is 8. The van der Waals surface area contributed by atoms with E-state index in [1.54, 1.807) is 22.4 Å². The Labute approximate surface area is 177 Å². The van der Waals surface area contributed by atoms with E-state index in [1.165, 1.54) is 15.6 Å². The van der Waals surface area contributed by atoms with Crippen molar-refractivity contribution in [3.8, 4) is 0 Å². The monoisotopic (exact) mass is 473 g/mol. The summed E-state index contributed by atoms with van der Waals surface area (Å²) in [5.74, 6) is -2.87. The molecule has 2 rings (SSSR count). The van der Waals surface area contributed by atoms with Gasteiger partial charge in [0, 0.05) is 32.7 Å². The van der Waals surface area contributed by atoms with E-state index in [-0.39, 0.29) is 12.5 Å². The lowest BCUT2D eigenvalue weighted by Gasteiger charge is -2.30. The summed E-state index contributed by atoms with van der Waals surface area (Å²) in [4.78, 5) is 23.1. The number of alkyl halides is 3. The summed E-state index contributed by atoms with van der Waals surface area (Å²) < 4.78 is 58.9. The molecular weight excluding hydrogens is 447 g/mol. The number of nitrogens with zero attached hydrogens (tertiary/aromatic N) is 2. The molecule has 0 aliphatic carbocycles. The van der Waals surface area contributed by atoms with Gasteiger partial charge in [0.1, 0.15) is 4.21 Å². The number of carboxylic acid groups (broad SMARTS) is 1. The molecular formula is C17H26F3N3O5S2. The van der Waals surface area contributed by atoms with E-state index in [0.29, 0.717) is 23.8 Å². The lowest BCUT2D eigenvalue weighted by molar-refractivity contribution is -0.192. The molecule has 1 aromatic heterocycles. The van der Waals surface area contributed by atoms with Gasteiger partial charge < -0.3 is 15.3 Å². The molecule has 1 aliphatic heterocycles. The molecule has 1 amide bonds. The second-order valence-corrected chi connectivity index (χ2v) is 9.52. The molecule has 0 spiro atoms. The molecule has 0 radical (unpaired) electrons. The summed E-state index contributed by atoms with van der Waals surface area (Å²) in [6.07, 6.45) is -2.34. The van der Waals surface area contributed by atoms with Crippen LogP contribution in [-0.2, 0) is 19.6 Å². The average molecular weight is 474 g/mol. The Hall–Kier alpha value is -1.70. The van der Waals surface area contributed by atoms with Gasteiger partial charge in [0.25, 0.3) is 10.0 Å². The van der Waals surface area contributed by atoms with Crippen molar-refractivity contribution in [1.29, 1.82) is 0 Å². The zero-order valence-electron chi connectivity index (χ0n) is 16.5. The number of piperazine rings is 1. The van der Waals surface area contributed by atoms with Gasteiger partial charge in [-0.15, -0.1) is 11.3 Å². The van der Waals surface area contributed by atoms with E-state index >= 15 is 0 Å². The molecule has 0 bridgehead atoms. The number of unbranched alkanes of at least 4 members (excludes halogenated alkanes) is 2. The van der Waals surface area contributed by atoms with Crippen LogP contribution in [0.25, 0.3) is 0 Å². The summed E-state index contributed by atoms with van der Waals surface area (Å²) in [6, 6.07) is 3.32. The first kappa shape index (κ1) is 26.3. The molecule has 0 saturated carbocycles. The highest BCUT2D eigenvalue weighted by Crippen LogP contribution is 2.21. The topological polar surface area (TPSA) is 107 Å². The van der Waals surface area contributed by atoms with Gasteiger partial charge in [-0.1, -0.05) is 25.8 Å². The van der Waals surface area contributed by atoms with E-state index in [4.69, 9.17) is 9.90 Å². The van der Waals surface area contributed by atoms with Gasteiger partial charge in [0.05, 0.1) is 6.54 Å². The molecule has 172 valence electrons. The van der Waals surface area contributed by atoms with Crippen molar-refractivity contribution in [2.75, 3.05) is 39.3 Å². The molecule has 0 aromatic carbocycles. The SMILES string of the molecule is CCCCCN(CC(=O)N1CCNCC1)S(=O)(=O)c1cccs1.O=C(O)C(F)(F)F. The summed E-state index contributed by atoms with van der Waals surface area (Å²) in [6.45, 7) is 5.21. The van der Waals surface area contributed by atoms with Crippen LogP contribution in [0, 0.1) is 0 Å². The van der Waals surface area contributed by atoms with Gasteiger partial charge in [-0.05, 0) is 17.9 Å². The molecule has 0 unspecified atom stereocenters. The number of aliphatic carboxylic acids is 1. The standard InChI is InChI=1S/C15H25N3O3S2.C2HF3O2/c1-2-3-4-9-18(23(20,21)15-6-5-12-22-15)13-14(19)17-10-7-16-8-11-17;3-2(4,5)1(6)7/h5-6,12,16H,2-4,7-11,13H2,1H3;(H,6,7). The van der Waals surface area contributed by atoms with Crippen molar-refractivity contribution in [3.63, 3.8) is 0 Å². The third-order valence-corrected chi connectivity index (χ3v) is 7.34. The predicted molar refractivity (Wildman–Crippen MR) is 106 cm³/mol. The molecule has 1 aromatic rings. The summed E-state index contributed by atoms with van der Waals surface area (Å²) in [5, 5.41) is 12.1. The van der Waals surface area contributed by atoms with Crippen LogP contribution in [0.3, 0.4) is 0 Å². The predicted octanol–water partition coefficient (Wildman–Crippen LogP) is 1.99. The van der Waals surface area contributed by atoms with Crippen LogP contribution in [-0.4, -0.2) is 80.1 Å². The number of halogens is 3.